The molecule has 7 heteroatoms. The molecule has 2 fully saturated rings. The molecule has 3 aromatic heterocycles. The number of aryl methyl sites for hydroxylation is 1. The topological polar surface area (TPSA) is 67.5 Å². The Kier molecular flexibility index (Phi) is 5.29. The predicted molar refractivity (Wildman–Crippen MR) is 115 cm³/mol. The van der Waals surface area contributed by atoms with Crippen molar-refractivity contribution in [2.75, 3.05) is 19.6 Å². The number of nitrogens with one attached hydrogen (secondary N) is 1. The van der Waals surface area contributed by atoms with Gasteiger partial charge < -0.3 is 14.6 Å². The van der Waals surface area contributed by atoms with Gasteiger partial charge in [-0.05, 0) is 43.0 Å². The molecule has 5 rings (SSSR count). The summed E-state index contributed by atoms with van der Waals surface area (Å²) in [6, 6.07) is 4.04. The number of carbonyl (C=O) groups excluding carboxylic acids is 1. The Hall–Kier alpha value is -2.67. The maximum absolute atomic E-state index is 13.4. The van der Waals surface area contributed by atoms with Gasteiger partial charge in [-0.3, -0.25) is 9.48 Å². The van der Waals surface area contributed by atoms with Gasteiger partial charge in [0.1, 0.15) is 5.65 Å². The largest absolute Gasteiger partial charge is 0.336 e. The monoisotopic (exact) mass is 406 g/mol. The molecule has 2 atom stereocenters. The highest BCUT2D eigenvalue weighted by Crippen LogP contribution is 2.30. The van der Waals surface area contributed by atoms with Gasteiger partial charge in [0.15, 0.2) is 0 Å². The molecule has 3 aromatic rings. The highest BCUT2D eigenvalue weighted by molar-refractivity contribution is 6.00. The lowest BCUT2D eigenvalue weighted by atomic mass is 9.88. The Morgan fingerprint density at radius 2 is 2.07 bits per heavy atom. The molecule has 1 amide bonds. The highest BCUT2D eigenvalue weighted by Gasteiger charge is 2.37. The summed E-state index contributed by atoms with van der Waals surface area (Å²) in [4.78, 5) is 19.8. The van der Waals surface area contributed by atoms with Crippen molar-refractivity contribution in [2.24, 2.45) is 13.0 Å². The van der Waals surface area contributed by atoms with Crippen LogP contribution in [0.1, 0.15) is 53.9 Å². The van der Waals surface area contributed by atoms with Gasteiger partial charge in [-0.25, -0.2) is 4.98 Å². The minimum Gasteiger partial charge on any atom is -0.336 e. The van der Waals surface area contributed by atoms with Crippen LogP contribution >= 0.6 is 0 Å². The Balaban J connectivity index is 1.36. The zero-order valence-electron chi connectivity index (χ0n) is 17.6. The number of fused-ring (bicyclic) bond motifs is 1. The van der Waals surface area contributed by atoms with E-state index in [0.29, 0.717) is 18.7 Å². The molecule has 7 nitrogen and oxygen atoms in total. The predicted octanol–water partition coefficient (Wildman–Crippen LogP) is 2.85. The Labute approximate surface area is 177 Å². The molecule has 30 heavy (non-hydrogen) atoms. The molecule has 1 N–H and O–H groups in total. The molecule has 1 saturated heterocycles. The Bertz CT molecular complexity index is 1020. The summed E-state index contributed by atoms with van der Waals surface area (Å²) >= 11 is 0. The number of hydrogen-bond acceptors (Lipinski definition) is 4. The zero-order valence-corrected chi connectivity index (χ0v) is 17.6. The fourth-order valence-corrected chi connectivity index (χ4v) is 5.14. The molecule has 158 valence electrons. The van der Waals surface area contributed by atoms with E-state index in [-0.39, 0.29) is 17.9 Å². The van der Waals surface area contributed by atoms with Crippen molar-refractivity contribution in [1.82, 2.24) is 29.4 Å². The van der Waals surface area contributed by atoms with Gasteiger partial charge in [0.05, 0.1) is 11.8 Å². The van der Waals surface area contributed by atoms with Crippen molar-refractivity contribution < 1.29 is 4.79 Å². The van der Waals surface area contributed by atoms with Crippen LogP contribution in [0.4, 0.5) is 0 Å². The van der Waals surface area contributed by atoms with Crippen molar-refractivity contribution in [3.05, 3.63) is 54.2 Å². The summed E-state index contributed by atoms with van der Waals surface area (Å²) in [7, 11) is 1.95. The Morgan fingerprint density at radius 1 is 1.20 bits per heavy atom. The average molecular weight is 407 g/mol. The van der Waals surface area contributed by atoms with Crippen LogP contribution in [0.25, 0.3) is 5.65 Å². The smallest absolute Gasteiger partial charge is 0.257 e. The molecule has 1 aliphatic heterocycles. The highest BCUT2D eigenvalue weighted by atomic mass is 16.2. The van der Waals surface area contributed by atoms with E-state index >= 15 is 0 Å². The van der Waals surface area contributed by atoms with Gasteiger partial charge in [0.2, 0.25) is 0 Å². The van der Waals surface area contributed by atoms with E-state index in [1.54, 1.807) is 6.20 Å². The van der Waals surface area contributed by atoms with Crippen LogP contribution in [0.15, 0.2) is 43.1 Å². The third-order valence-electron chi connectivity index (χ3n) is 6.80. The van der Waals surface area contributed by atoms with Crippen molar-refractivity contribution >= 4 is 11.6 Å². The SMILES string of the molecule is Cn1cc([C@@H]2CN(C(=O)c3cccn4ccnc34)C[C@H]2NCC2CCCCC2)cn1. The lowest BCUT2D eigenvalue weighted by molar-refractivity contribution is 0.0789. The molecule has 1 saturated carbocycles. The van der Waals surface area contributed by atoms with E-state index in [4.69, 9.17) is 0 Å². The van der Waals surface area contributed by atoms with E-state index in [0.717, 1.165) is 18.1 Å². The normalized spacial score (nSPS) is 22.8. The summed E-state index contributed by atoms with van der Waals surface area (Å²) in [6.45, 7) is 2.46. The summed E-state index contributed by atoms with van der Waals surface area (Å²) in [6.07, 6.45) is 16.3. The molecule has 0 aromatic carbocycles. The molecule has 1 aliphatic carbocycles. The number of pyridine rings is 1. The van der Waals surface area contributed by atoms with Crippen LogP contribution in [0, 0.1) is 5.92 Å². The maximum Gasteiger partial charge on any atom is 0.257 e. The third-order valence-corrected chi connectivity index (χ3v) is 6.80. The zero-order chi connectivity index (χ0) is 20.5. The molecule has 0 unspecified atom stereocenters. The van der Waals surface area contributed by atoms with E-state index in [2.05, 4.69) is 21.6 Å². The van der Waals surface area contributed by atoms with Crippen molar-refractivity contribution in [3.63, 3.8) is 0 Å². The minimum absolute atomic E-state index is 0.0580. The van der Waals surface area contributed by atoms with Crippen molar-refractivity contribution in [3.8, 4) is 0 Å². The van der Waals surface area contributed by atoms with Crippen LogP contribution in [-0.4, -0.2) is 55.6 Å². The second kappa shape index (κ2) is 8.22. The first-order chi connectivity index (χ1) is 14.7. The molecule has 0 radical (unpaired) electrons. The van der Waals surface area contributed by atoms with E-state index in [1.165, 1.54) is 37.7 Å². The lowest BCUT2D eigenvalue weighted by Crippen LogP contribution is -2.39. The van der Waals surface area contributed by atoms with Gasteiger partial charge in [-0.15, -0.1) is 0 Å². The first-order valence-corrected chi connectivity index (χ1v) is 11.1. The van der Waals surface area contributed by atoms with Crippen LogP contribution < -0.4 is 5.32 Å². The molecular formula is C23H30N6O. The number of amides is 1. The summed E-state index contributed by atoms with van der Waals surface area (Å²) in [5.74, 6) is 1.07. The molecule has 0 spiro atoms. The van der Waals surface area contributed by atoms with Gasteiger partial charge in [-0.1, -0.05) is 19.3 Å². The maximum atomic E-state index is 13.4. The number of nitrogens with zero attached hydrogens (tertiary/aromatic N) is 5. The molecule has 4 heterocycles. The van der Waals surface area contributed by atoms with E-state index < -0.39 is 0 Å². The van der Waals surface area contributed by atoms with Gasteiger partial charge in [0, 0.05) is 56.9 Å². The number of likely N-dealkylation sites (tertiary alicyclic amines) is 1. The van der Waals surface area contributed by atoms with E-state index in [9.17, 15) is 4.79 Å². The van der Waals surface area contributed by atoms with Crippen LogP contribution in [-0.2, 0) is 7.05 Å². The fourth-order valence-electron chi connectivity index (χ4n) is 5.14. The first kappa shape index (κ1) is 19.3. The summed E-state index contributed by atoms with van der Waals surface area (Å²) in [5, 5.41) is 8.21. The number of carbonyl (C=O) groups is 1. The fraction of sp³-hybridized carbons (Fsp3) is 0.522. The van der Waals surface area contributed by atoms with Gasteiger partial charge >= 0.3 is 0 Å². The van der Waals surface area contributed by atoms with Gasteiger partial charge in [-0.2, -0.15) is 5.10 Å². The molecular weight excluding hydrogens is 376 g/mol. The summed E-state index contributed by atoms with van der Waals surface area (Å²) in [5.41, 5.74) is 2.59. The number of hydrogen-bond donors (Lipinski definition) is 1. The number of aromatic nitrogens is 4. The van der Waals surface area contributed by atoms with Crippen LogP contribution in [0.5, 0.6) is 0 Å². The summed E-state index contributed by atoms with van der Waals surface area (Å²) < 4.78 is 3.75. The van der Waals surface area contributed by atoms with Crippen molar-refractivity contribution in [2.45, 2.75) is 44.1 Å². The second-order valence-corrected chi connectivity index (χ2v) is 8.86. The minimum atomic E-state index is 0.0580. The van der Waals surface area contributed by atoms with Gasteiger partial charge in [0.25, 0.3) is 5.91 Å². The Morgan fingerprint density at radius 3 is 2.87 bits per heavy atom. The second-order valence-electron chi connectivity index (χ2n) is 8.86. The standard InChI is InChI=1S/C23H30N6O/c1-27-14-18(13-26-27)20-15-29(16-21(20)25-12-17-6-3-2-4-7-17)23(30)19-8-5-10-28-11-9-24-22(19)28/h5,8-11,13-14,17,20-21,25H,2-4,6-7,12,15-16H2,1H3/t20-,21+/m0/s1. The number of rotatable bonds is 5. The number of imidazole rings is 1. The quantitative estimate of drug-likeness (QED) is 0.708. The third kappa shape index (κ3) is 3.74. The van der Waals surface area contributed by atoms with Crippen LogP contribution in [0.3, 0.4) is 0 Å². The van der Waals surface area contributed by atoms with Crippen LogP contribution in [0.2, 0.25) is 0 Å². The first-order valence-electron chi connectivity index (χ1n) is 11.1. The lowest BCUT2D eigenvalue weighted by Gasteiger charge is -2.25. The average Bonchev–Trinajstić information content (AvgIpc) is 3.51. The molecule has 2 aliphatic rings. The van der Waals surface area contributed by atoms with Crippen molar-refractivity contribution in [1.29, 1.82) is 0 Å². The van der Waals surface area contributed by atoms with E-state index in [1.807, 2.05) is 51.8 Å². The molecule has 0 bridgehead atoms.